The van der Waals surface area contributed by atoms with E-state index in [1.165, 1.54) is 20.4 Å². The summed E-state index contributed by atoms with van der Waals surface area (Å²) in [5.74, 6) is -0.125. The summed E-state index contributed by atoms with van der Waals surface area (Å²) < 4.78 is 10.1. The van der Waals surface area contributed by atoms with Crippen LogP contribution >= 0.6 is 0 Å². The Morgan fingerprint density at radius 3 is 2.64 bits per heavy atom. The molecule has 1 amide bonds. The number of ether oxygens (including phenoxy) is 2. The van der Waals surface area contributed by atoms with E-state index < -0.39 is 17.6 Å². The summed E-state index contributed by atoms with van der Waals surface area (Å²) in [7, 11) is 2.82. The molecule has 0 saturated carbocycles. The van der Waals surface area contributed by atoms with Crippen LogP contribution in [0.15, 0.2) is 42.6 Å². The number of nitrogens with zero attached hydrogens (tertiary/aromatic N) is 3. The number of anilines is 1. The molecular formula is C20H24N4O4. The number of hydrogen-bond acceptors (Lipinski definition) is 7. The molecule has 8 nitrogen and oxygen atoms in total. The van der Waals surface area contributed by atoms with Crippen molar-refractivity contribution < 1.29 is 19.1 Å². The van der Waals surface area contributed by atoms with Gasteiger partial charge in [-0.3, -0.25) is 4.79 Å². The number of hydrogen-bond donors (Lipinski definition) is 1. The number of aromatic nitrogens is 2. The van der Waals surface area contributed by atoms with Gasteiger partial charge in [-0.15, -0.1) is 0 Å². The SMILES string of the molecule is COC(=O)c1nccc(N2CCC(C)(NC(=O)[C@H](OC)c3ccccc3)C2)n1. The molecule has 1 unspecified atom stereocenters. The smallest absolute Gasteiger partial charge is 0.376 e. The Labute approximate surface area is 163 Å². The van der Waals surface area contributed by atoms with Crippen LogP contribution in [0.5, 0.6) is 0 Å². The Hall–Kier alpha value is -3.00. The Bertz CT molecular complexity index is 845. The topological polar surface area (TPSA) is 93.7 Å². The van der Waals surface area contributed by atoms with Crippen LogP contribution in [0.4, 0.5) is 5.82 Å². The summed E-state index contributed by atoms with van der Waals surface area (Å²) in [6.07, 6.45) is 1.60. The maximum atomic E-state index is 12.8. The predicted molar refractivity (Wildman–Crippen MR) is 103 cm³/mol. The number of carbonyl (C=O) groups excluding carboxylic acids is 2. The number of amides is 1. The van der Waals surface area contributed by atoms with Gasteiger partial charge in [0.1, 0.15) is 5.82 Å². The van der Waals surface area contributed by atoms with Gasteiger partial charge < -0.3 is 19.7 Å². The number of benzene rings is 1. The maximum absolute atomic E-state index is 12.8. The van der Waals surface area contributed by atoms with E-state index in [4.69, 9.17) is 4.74 Å². The predicted octanol–water partition coefficient (Wildman–Crippen LogP) is 1.74. The summed E-state index contributed by atoms with van der Waals surface area (Å²) in [5, 5.41) is 3.11. The number of rotatable bonds is 6. The van der Waals surface area contributed by atoms with Crippen molar-refractivity contribution in [1.29, 1.82) is 0 Å². The minimum absolute atomic E-state index is 0.0150. The van der Waals surface area contributed by atoms with Crippen molar-refractivity contribution in [1.82, 2.24) is 15.3 Å². The molecule has 0 aliphatic carbocycles. The van der Waals surface area contributed by atoms with E-state index in [0.717, 1.165) is 12.0 Å². The van der Waals surface area contributed by atoms with Crippen molar-refractivity contribution in [3.63, 3.8) is 0 Å². The van der Waals surface area contributed by atoms with Crippen molar-refractivity contribution in [3.05, 3.63) is 54.0 Å². The average molecular weight is 384 g/mol. The van der Waals surface area contributed by atoms with Gasteiger partial charge in [0, 0.05) is 26.4 Å². The fourth-order valence-corrected chi connectivity index (χ4v) is 3.36. The number of nitrogens with one attached hydrogen (secondary N) is 1. The van der Waals surface area contributed by atoms with Crippen LogP contribution in [0.1, 0.15) is 35.6 Å². The van der Waals surface area contributed by atoms with Gasteiger partial charge in [-0.25, -0.2) is 14.8 Å². The minimum Gasteiger partial charge on any atom is -0.463 e. The summed E-state index contributed by atoms with van der Waals surface area (Å²) in [6.45, 7) is 3.24. The van der Waals surface area contributed by atoms with Gasteiger partial charge in [0.2, 0.25) is 5.82 Å². The van der Waals surface area contributed by atoms with Crippen molar-refractivity contribution in [3.8, 4) is 0 Å². The first-order valence-corrected chi connectivity index (χ1v) is 9.02. The van der Waals surface area contributed by atoms with E-state index >= 15 is 0 Å². The van der Waals surface area contributed by atoms with Gasteiger partial charge in [0.05, 0.1) is 12.6 Å². The van der Waals surface area contributed by atoms with Crippen LogP contribution in [-0.2, 0) is 14.3 Å². The van der Waals surface area contributed by atoms with E-state index in [1.54, 1.807) is 6.07 Å². The van der Waals surface area contributed by atoms with Gasteiger partial charge in [-0.2, -0.15) is 0 Å². The van der Waals surface area contributed by atoms with Gasteiger partial charge in [-0.1, -0.05) is 30.3 Å². The third-order valence-corrected chi connectivity index (χ3v) is 4.81. The molecule has 3 rings (SSSR count). The molecule has 1 aliphatic heterocycles. The Balaban J connectivity index is 1.69. The molecule has 8 heteroatoms. The van der Waals surface area contributed by atoms with E-state index in [2.05, 4.69) is 20.0 Å². The molecule has 1 N–H and O–H groups in total. The molecule has 28 heavy (non-hydrogen) atoms. The molecule has 1 fully saturated rings. The van der Waals surface area contributed by atoms with E-state index in [1.807, 2.05) is 42.2 Å². The molecule has 0 radical (unpaired) electrons. The highest BCUT2D eigenvalue weighted by Crippen LogP contribution is 2.27. The molecule has 1 saturated heterocycles. The van der Waals surface area contributed by atoms with E-state index in [0.29, 0.717) is 18.9 Å². The fourth-order valence-electron chi connectivity index (χ4n) is 3.36. The van der Waals surface area contributed by atoms with E-state index in [-0.39, 0.29) is 11.7 Å². The Morgan fingerprint density at radius 2 is 1.96 bits per heavy atom. The first-order chi connectivity index (χ1) is 13.5. The third-order valence-electron chi connectivity index (χ3n) is 4.81. The van der Waals surface area contributed by atoms with Gasteiger partial charge in [0.25, 0.3) is 5.91 Å². The van der Waals surface area contributed by atoms with Crippen LogP contribution < -0.4 is 10.2 Å². The van der Waals surface area contributed by atoms with Crippen LogP contribution in [0, 0.1) is 0 Å². The monoisotopic (exact) mass is 384 g/mol. The third kappa shape index (κ3) is 4.28. The molecule has 2 heterocycles. The first kappa shape index (κ1) is 19.8. The highest BCUT2D eigenvalue weighted by Gasteiger charge is 2.37. The lowest BCUT2D eigenvalue weighted by Gasteiger charge is -2.28. The zero-order valence-electron chi connectivity index (χ0n) is 16.2. The molecule has 1 aromatic heterocycles. The fraction of sp³-hybridized carbons (Fsp3) is 0.400. The molecule has 148 valence electrons. The van der Waals surface area contributed by atoms with Crippen LogP contribution in [0.25, 0.3) is 0 Å². The van der Waals surface area contributed by atoms with E-state index in [9.17, 15) is 9.59 Å². The normalized spacial score (nSPS) is 19.9. The first-order valence-electron chi connectivity index (χ1n) is 9.02. The quantitative estimate of drug-likeness (QED) is 0.758. The Morgan fingerprint density at radius 1 is 1.21 bits per heavy atom. The summed E-state index contributed by atoms with van der Waals surface area (Å²) in [4.78, 5) is 34.7. The lowest BCUT2D eigenvalue weighted by molar-refractivity contribution is -0.133. The van der Waals surface area contributed by atoms with Crippen molar-refractivity contribution in [2.45, 2.75) is 25.0 Å². The number of carbonyl (C=O) groups is 2. The molecular weight excluding hydrogens is 360 g/mol. The Kier molecular flexibility index (Phi) is 5.89. The molecule has 0 bridgehead atoms. The summed E-state index contributed by atoms with van der Waals surface area (Å²) in [6, 6.07) is 11.1. The van der Waals surface area contributed by atoms with Crippen LogP contribution in [-0.4, -0.2) is 54.7 Å². The summed E-state index contributed by atoms with van der Waals surface area (Å²) in [5.41, 5.74) is 0.360. The van der Waals surface area contributed by atoms with Gasteiger partial charge in [0.15, 0.2) is 6.10 Å². The number of methoxy groups -OCH3 is 2. The van der Waals surface area contributed by atoms with Crippen molar-refractivity contribution >= 4 is 17.7 Å². The second-order valence-corrected chi connectivity index (χ2v) is 6.98. The van der Waals surface area contributed by atoms with Crippen molar-refractivity contribution in [2.24, 2.45) is 0 Å². The molecule has 2 atom stereocenters. The lowest BCUT2D eigenvalue weighted by atomic mass is 10.00. The average Bonchev–Trinajstić information content (AvgIpc) is 3.10. The van der Waals surface area contributed by atoms with Crippen LogP contribution in [0.3, 0.4) is 0 Å². The molecule has 1 aliphatic rings. The zero-order valence-corrected chi connectivity index (χ0v) is 16.2. The summed E-state index contributed by atoms with van der Waals surface area (Å²) >= 11 is 0. The molecule has 2 aromatic rings. The van der Waals surface area contributed by atoms with Gasteiger partial charge in [-0.05, 0) is 25.0 Å². The second kappa shape index (κ2) is 8.35. The highest BCUT2D eigenvalue weighted by molar-refractivity contribution is 5.85. The highest BCUT2D eigenvalue weighted by atomic mass is 16.5. The lowest BCUT2D eigenvalue weighted by Crippen LogP contribution is -2.50. The zero-order chi connectivity index (χ0) is 20.1. The van der Waals surface area contributed by atoms with Crippen molar-refractivity contribution in [2.75, 3.05) is 32.2 Å². The van der Waals surface area contributed by atoms with Crippen LogP contribution in [0.2, 0.25) is 0 Å². The maximum Gasteiger partial charge on any atom is 0.376 e. The molecule has 1 aromatic carbocycles. The molecule has 0 spiro atoms. The van der Waals surface area contributed by atoms with Gasteiger partial charge >= 0.3 is 5.97 Å². The second-order valence-electron chi connectivity index (χ2n) is 6.98. The number of esters is 1. The standard InChI is InChI=1S/C20H24N4O4/c1-20(23-18(25)16(27-2)14-7-5-4-6-8-14)10-12-24(13-20)15-9-11-21-17(22-15)19(26)28-3/h4-9,11,16H,10,12-13H2,1-3H3,(H,23,25)/t16-,20?/m1/s1. The minimum atomic E-state index is -0.669. The largest absolute Gasteiger partial charge is 0.463 e.